The summed E-state index contributed by atoms with van der Waals surface area (Å²) in [5.41, 5.74) is 3.76. The number of hydrogen-bond donors (Lipinski definition) is 1. The number of nitrogens with one attached hydrogen (secondary N) is 1. The van der Waals surface area contributed by atoms with E-state index in [1.165, 1.54) is 0 Å². The van der Waals surface area contributed by atoms with E-state index in [0.717, 1.165) is 41.9 Å². The Morgan fingerprint density at radius 1 is 1.16 bits per heavy atom. The van der Waals surface area contributed by atoms with Gasteiger partial charge in [0.15, 0.2) is 0 Å². The van der Waals surface area contributed by atoms with Gasteiger partial charge in [0.25, 0.3) is 0 Å². The van der Waals surface area contributed by atoms with Gasteiger partial charge in [-0.05, 0) is 52.2 Å². The summed E-state index contributed by atoms with van der Waals surface area (Å²) in [4.78, 5) is 32.6. The number of hydrogen-bond acceptors (Lipinski definition) is 7. The summed E-state index contributed by atoms with van der Waals surface area (Å²) in [6, 6.07) is 3.55. The Morgan fingerprint density at radius 3 is 2.66 bits per heavy atom. The molecule has 4 rings (SSSR count). The van der Waals surface area contributed by atoms with E-state index in [0.29, 0.717) is 24.1 Å². The fourth-order valence-electron chi connectivity index (χ4n) is 4.09. The summed E-state index contributed by atoms with van der Waals surface area (Å²) in [6.07, 6.45) is 9.76. The van der Waals surface area contributed by atoms with Gasteiger partial charge in [0.1, 0.15) is 11.6 Å². The molecule has 1 saturated heterocycles. The lowest BCUT2D eigenvalue weighted by Crippen LogP contribution is -2.38. The van der Waals surface area contributed by atoms with Crippen LogP contribution in [0.15, 0.2) is 30.6 Å². The average molecular weight is 433 g/mol. The molecule has 1 fully saturated rings. The predicted octanol–water partition coefficient (Wildman–Crippen LogP) is 3.44. The largest absolute Gasteiger partial charge is 0.331 e. The van der Waals surface area contributed by atoms with E-state index in [-0.39, 0.29) is 11.9 Å². The van der Waals surface area contributed by atoms with Crippen LogP contribution in [0.25, 0.3) is 6.08 Å². The molecule has 1 unspecified atom stereocenters. The molecule has 1 N–H and O–H groups in total. The second-order valence-corrected chi connectivity index (χ2v) is 8.01. The number of amides is 1. The third-order valence-corrected chi connectivity index (χ3v) is 5.75. The SMILES string of the molecule is Cc1nc(Nc2ncccn2)cc(C2CCCCN2C(=O)/C=C/c2c(C)nn(C)c2C)n1. The number of carbonyl (C=O) groups excluding carboxylic acids is 1. The van der Waals surface area contributed by atoms with Crippen LogP contribution in [0, 0.1) is 20.8 Å². The van der Waals surface area contributed by atoms with Crippen molar-refractivity contribution in [3.05, 3.63) is 59.1 Å². The number of rotatable bonds is 5. The quantitative estimate of drug-likeness (QED) is 0.616. The Balaban J connectivity index is 1.58. The van der Waals surface area contributed by atoms with Crippen molar-refractivity contribution in [2.45, 2.75) is 46.1 Å². The van der Waals surface area contributed by atoms with E-state index >= 15 is 0 Å². The van der Waals surface area contributed by atoms with E-state index in [2.05, 4.69) is 30.4 Å². The maximum atomic E-state index is 13.2. The molecule has 32 heavy (non-hydrogen) atoms. The van der Waals surface area contributed by atoms with Crippen LogP contribution >= 0.6 is 0 Å². The van der Waals surface area contributed by atoms with E-state index in [4.69, 9.17) is 0 Å². The fourth-order valence-corrected chi connectivity index (χ4v) is 4.09. The molecule has 0 radical (unpaired) electrons. The minimum absolute atomic E-state index is 0.0190. The van der Waals surface area contributed by atoms with Crippen LogP contribution in [0.4, 0.5) is 11.8 Å². The molecule has 166 valence electrons. The van der Waals surface area contributed by atoms with Crippen LogP contribution < -0.4 is 5.32 Å². The van der Waals surface area contributed by atoms with Crippen LogP contribution in [-0.2, 0) is 11.8 Å². The molecule has 0 saturated carbocycles. The Kier molecular flexibility index (Phi) is 6.25. The van der Waals surface area contributed by atoms with Crippen LogP contribution in [0.1, 0.15) is 53.8 Å². The lowest BCUT2D eigenvalue weighted by molar-refractivity contribution is -0.129. The molecule has 1 amide bonds. The highest BCUT2D eigenvalue weighted by Gasteiger charge is 2.28. The third-order valence-electron chi connectivity index (χ3n) is 5.75. The first-order valence-corrected chi connectivity index (χ1v) is 10.8. The number of carbonyl (C=O) groups is 1. The highest BCUT2D eigenvalue weighted by Crippen LogP contribution is 2.31. The first-order valence-electron chi connectivity index (χ1n) is 10.8. The van der Waals surface area contributed by atoms with Gasteiger partial charge in [0.05, 0.1) is 17.4 Å². The molecular formula is C23H28N8O. The van der Waals surface area contributed by atoms with E-state index in [1.54, 1.807) is 24.5 Å². The standard InChI is InChI=1S/C23H28N8O/c1-15-18(16(2)30(4)29-15)9-10-22(32)31-13-6-5-8-20(31)19-14-21(27-17(3)26-19)28-23-24-11-7-12-25-23/h7,9-12,14,20H,5-6,8,13H2,1-4H3,(H,24,25,26,27,28)/b10-9+. The van der Waals surface area contributed by atoms with Crippen molar-refractivity contribution >= 4 is 23.7 Å². The Bertz CT molecular complexity index is 1140. The van der Waals surface area contributed by atoms with Crippen LogP contribution in [0.2, 0.25) is 0 Å². The Morgan fingerprint density at radius 2 is 1.94 bits per heavy atom. The van der Waals surface area contributed by atoms with Crippen molar-refractivity contribution < 1.29 is 4.79 Å². The Hall–Kier alpha value is -3.62. The first kappa shape index (κ1) is 21.6. The number of nitrogens with zero attached hydrogens (tertiary/aromatic N) is 7. The summed E-state index contributed by atoms with van der Waals surface area (Å²) in [5.74, 6) is 1.71. The lowest BCUT2D eigenvalue weighted by Gasteiger charge is -2.35. The molecule has 4 heterocycles. The van der Waals surface area contributed by atoms with Crippen molar-refractivity contribution in [3.8, 4) is 0 Å². The molecule has 9 heteroatoms. The summed E-state index contributed by atoms with van der Waals surface area (Å²) < 4.78 is 1.83. The van der Waals surface area contributed by atoms with Gasteiger partial charge in [-0.25, -0.2) is 19.9 Å². The van der Waals surface area contributed by atoms with Crippen molar-refractivity contribution in [2.24, 2.45) is 7.05 Å². The molecule has 3 aromatic rings. The predicted molar refractivity (Wildman–Crippen MR) is 122 cm³/mol. The fraction of sp³-hybridized carbons (Fsp3) is 0.391. The van der Waals surface area contributed by atoms with Crippen molar-refractivity contribution in [1.82, 2.24) is 34.6 Å². The number of piperidine rings is 1. The molecule has 0 bridgehead atoms. The third kappa shape index (κ3) is 4.66. The molecule has 0 aromatic carbocycles. The zero-order valence-electron chi connectivity index (χ0n) is 18.9. The van der Waals surface area contributed by atoms with Gasteiger partial charge in [-0.2, -0.15) is 5.10 Å². The highest BCUT2D eigenvalue weighted by atomic mass is 16.2. The molecule has 1 atom stereocenters. The van der Waals surface area contributed by atoms with E-state index in [9.17, 15) is 4.79 Å². The first-order chi connectivity index (χ1) is 15.4. The van der Waals surface area contributed by atoms with Crippen molar-refractivity contribution in [3.63, 3.8) is 0 Å². The second kappa shape index (κ2) is 9.25. The molecule has 9 nitrogen and oxygen atoms in total. The van der Waals surface area contributed by atoms with Crippen molar-refractivity contribution in [2.75, 3.05) is 11.9 Å². The average Bonchev–Trinajstić information content (AvgIpc) is 3.03. The molecule has 1 aliphatic heterocycles. The normalized spacial score (nSPS) is 16.5. The summed E-state index contributed by atoms with van der Waals surface area (Å²) in [7, 11) is 1.91. The lowest BCUT2D eigenvalue weighted by atomic mass is 9.98. The highest BCUT2D eigenvalue weighted by molar-refractivity contribution is 5.92. The van der Waals surface area contributed by atoms with Gasteiger partial charge in [0.2, 0.25) is 11.9 Å². The van der Waals surface area contributed by atoms with Gasteiger partial charge >= 0.3 is 0 Å². The van der Waals surface area contributed by atoms with Crippen LogP contribution in [0.5, 0.6) is 0 Å². The maximum absolute atomic E-state index is 13.2. The molecule has 0 spiro atoms. The molecule has 0 aliphatic carbocycles. The minimum atomic E-state index is -0.101. The topological polar surface area (TPSA) is 102 Å². The monoisotopic (exact) mass is 432 g/mol. The van der Waals surface area contributed by atoms with Crippen molar-refractivity contribution in [1.29, 1.82) is 0 Å². The number of aromatic nitrogens is 6. The maximum Gasteiger partial charge on any atom is 0.247 e. The second-order valence-electron chi connectivity index (χ2n) is 8.01. The zero-order valence-corrected chi connectivity index (χ0v) is 18.9. The minimum Gasteiger partial charge on any atom is -0.331 e. The van der Waals surface area contributed by atoms with Gasteiger partial charge < -0.3 is 10.2 Å². The summed E-state index contributed by atoms with van der Waals surface area (Å²) in [5, 5.41) is 7.55. The Labute approximate surface area is 187 Å². The van der Waals surface area contributed by atoms with Gasteiger partial charge in [-0.1, -0.05) is 0 Å². The smallest absolute Gasteiger partial charge is 0.247 e. The van der Waals surface area contributed by atoms with Gasteiger partial charge in [-0.3, -0.25) is 9.48 Å². The van der Waals surface area contributed by atoms with Crippen LogP contribution in [0.3, 0.4) is 0 Å². The molecule has 3 aromatic heterocycles. The molecule has 1 aliphatic rings. The van der Waals surface area contributed by atoms with Crippen LogP contribution in [-0.4, -0.2) is 47.1 Å². The summed E-state index contributed by atoms with van der Waals surface area (Å²) >= 11 is 0. The molecular weight excluding hydrogens is 404 g/mol. The van der Waals surface area contributed by atoms with E-state index < -0.39 is 0 Å². The zero-order chi connectivity index (χ0) is 22.7. The van der Waals surface area contributed by atoms with Gasteiger partial charge in [0, 0.05) is 49.4 Å². The number of likely N-dealkylation sites (tertiary alicyclic amines) is 1. The van der Waals surface area contributed by atoms with E-state index in [1.807, 2.05) is 49.5 Å². The number of anilines is 2. The number of aryl methyl sites for hydroxylation is 3. The van der Waals surface area contributed by atoms with Gasteiger partial charge in [-0.15, -0.1) is 0 Å². The summed E-state index contributed by atoms with van der Waals surface area (Å²) in [6.45, 7) is 6.51.